The molecule has 1 heterocycles. The first-order chi connectivity index (χ1) is 8.68. The van der Waals surface area contributed by atoms with E-state index in [1.54, 1.807) is 0 Å². The lowest BCUT2D eigenvalue weighted by Gasteiger charge is -2.30. The van der Waals surface area contributed by atoms with Crippen LogP contribution < -0.4 is 11.1 Å². The largest absolute Gasteiger partial charge is 0.379 e. The summed E-state index contributed by atoms with van der Waals surface area (Å²) in [5.41, 5.74) is 5.37. The molecule has 1 amide bonds. The lowest BCUT2D eigenvalue weighted by Crippen LogP contribution is -2.48. The molecule has 1 saturated heterocycles. The third kappa shape index (κ3) is 6.14. The summed E-state index contributed by atoms with van der Waals surface area (Å²) in [4.78, 5) is 14.5. The molecule has 0 bridgehead atoms. The second-order valence-corrected chi connectivity index (χ2v) is 4.90. The zero-order valence-electron chi connectivity index (χ0n) is 12.5. The summed E-state index contributed by atoms with van der Waals surface area (Å²) in [5.74, 6) is 0.100. The van der Waals surface area contributed by atoms with Crippen molar-refractivity contribution >= 4 is 30.7 Å². The Kier molecular flexibility index (Phi) is 12.9. The first-order valence-electron chi connectivity index (χ1n) is 6.97. The lowest BCUT2D eigenvalue weighted by molar-refractivity contribution is -0.131. The number of rotatable bonds is 7. The average Bonchev–Trinajstić information content (AvgIpc) is 2.42. The maximum atomic E-state index is 12.2. The van der Waals surface area contributed by atoms with E-state index in [9.17, 15) is 4.79 Å². The minimum atomic E-state index is -0.384. The van der Waals surface area contributed by atoms with Crippen molar-refractivity contribution in [3.8, 4) is 0 Å². The number of hydrogen-bond acceptors (Lipinski definition) is 4. The van der Waals surface area contributed by atoms with Gasteiger partial charge in [-0.25, -0.2) is 0 Å². The standard InChI is InChI=1S/C13H27N3O2.2ClH/c1-3-13(4-2,11-14)12(17)15-5-6-16-7-9-18-10-8-16;;/h3-11,14H2,1-2H3,(H,15,17);2*1H. The SMILES string of the molecule is CCC(CC)(CN)C(=O)NCCN1CCOCC1.Cl.Cl. The molecule has 0 aromatic carbocycles. The number of carbonyl (C=O) groups excluding carboxylic acids is 1. The van der Waals surface area contributed by atoms with E-state index in [1.165, 1.54) is 0 Å². The van der Waals surface area contributed by atoms with Crippen LogP contribution in [0.1, 0.15) is 26.7 Å². The highest BCUT2D eigenvalue weighted by Crippen LogP contribution is 2.24. The Morgan fingerprint density at radius 3 is 2.25 bits per heavy atom. The van der Waals surface area contributed by atoms with Gasteiger partial charge in [0.2, 0.25) is 5.91 Å². The van der Waals surface area contributed by atoms with Crippen LogP contribution in [-0.2, 0) is 9.53 Å². The molecule has 1 aliphatic rings. The van der Waals surface area contributed by atoms with Crippen LogP contribution in [-0.4, -0.2) is 56.7 Å². The Labute approximate surface area is 134 Å². The molecule has 5 nitrogen and oxygen atoms in total. The number of amides is 1. The van der Waals surface area contributed by atoms with Crippen molar-refractivity contribution in [3.63, 3.8) is 0 Å². The number of ether oxygens (including phenoxy) is 1. The van der Waals surface area contributed by atoms with Crippen LogP contribution in [0.4, 0.5) is 0 Å². The van der Waals surface area contributed by atoms with Gasteiger partial charge in [0.25, 0.3) is 0 Å². The van der Waals surface area contributed by atoms with E-state index in [2.05, 4.69) is 10.2 Å². The van der Waals surface area contributed by atoms with Crippen molar-refractivity contribution < 1.29 is 9.53 Å². The molecule has 20 heavy (non-hydrogen) atoms. The highest BCUT2D eigenvalue weighted by Gasteiger charge is 2.32. The molecular formula is C13H29Cl2N3O2. The van der Waals surface area contributed by atoms with Gasteiger partial charge in [-0.2, -0.15) is 0 Å². The Morgan fingerprint density at radius 1 is 1.25 bits per heavy atom. The molecule has 7 heteroatoms. The molecule has 122 valence electrons. The van der Waals surface area contributed by atoms with Gasteiger partial charge in [-0.1, -0.05) is 13.8 Å². The fraction of sp³-hybridized carbons (Fsp3) is 0.923. The van der Waals surface area contributed by atoms with E-state index < -0.39 is 0 Å². The maximum absolute atomic E-state index is 12.2. The summed E-state index contributed by atoms with van der Waals surface area (Å²) < 4.78 is 5.29. The average molecular weight is 330 g/mol. The normalized spacial score (nSPS) is 15.9. The molecule has 1 fully saturated rings. The minimum Gasteiger partial charge on any atom is -0.379 e. The zero-order valence-corrected chi connectivity index (χ0v) is 14.2. The summed E-state index contributed by atoms with van der Waals surface area (Å²) in [6.45, 7) is 9.57. The molecule has 1 aliphatic heterocycles. The molecule has 0 aromatic rings. The van der Waals surface area contributed by atoms with Crippen molar-refractivity contribution in [2.45, 2.75) is 26.7 Å². The highest BCUT2D eigenvalue weighted by molar-refractivity contribution is 5.85. The van der Waals surface area contributed by atoms with Crippen LogP contribution >= 0.6 is 24.8 Å². The van der Waals surface area contributed by atoms with Crippen molar-refractivity contribution in [2.75, 3.05) is 45.9 Å². The molecule has 0 radical (unpaired) electrons. The molecule has 0 unspecified atom stereocenters. The van der Waals surface area contributed by atoms with Crippen LogP contribution in [0.15, 0.2) is 0 Å². The molecule has 3 N–H and O–H groups in total. The van der Waals surface area contributed by atoms with Crippen LogP contribution in [0.2, 0.25) is 0 Å². The van der Waals surface area contributed by atoms with E-state index in [0.717, 1.165) is 45.7 Å². The van der Waals surface area contributed by atoms with Crippen LogP contribution in [0, 0.1) is 5.41 Å². The number of nitrogens with zero attached hydrogens (tertiary/aromatic N) is 1. The van der Waals surface area contributed by atoms with Crippen molar-refractivity contribution in [2.24, 2.45) is 11.1 Å². The first-order valence-corrected chi connectivity index (χ1v) is 6.97. The summed E-state index contributed by atoms with van der Waals surface area (Å²) in [6, 6.07) is 0. The van der Waals surface area contributed by atoms with Crippen LogP contribution in [0.5, 0.6) is 0 Å². The Morgan fingerprint density at radius 2 is 1.80 bits per heavy atom. The van der Waals surface area contributed by atoms with E-state index in [0.29, 0.717) is 13.1 Å². The topological polar surface area (TPSA) is 67.6 Å². The predicted molar refractivity (Wildman–Crippen MR) is 86.8 cm³/mol. The monoisotopic (exact) mass is 329 g/mol. The Bertz CT molecular complexity index is 250. The zero-order chi connectivity index (χ0) is 13.4. The molecule has 0 atom stereocenters. The summed E-state index contributed by atoms with van der Waals surface area (Å²) in [6.07, 6.45) is 1.59. The quantitative estimate of drug-likeness (QED) is 0.732. The van der Waals surface area contributed by atoms with Crippen LogP contribution in [0.25, 0.3) is 0 Å². The van der Waals surface area contributed by atoms with Gasteiger partial charge >= 0.3 is 0 Å². The third-order valence-electron chi connectivity index (χ3n) is 4.04. The van der Waals surface area contributed by atoms with Gasteiger partial charge in [0.15, 0.2) is 0 Å². The number of nitrogens with one attached hydrogen (secondary N) is 1. The fourth-order valence-electron chi connectivity index (χ4n) is 2.29. The van der Waals surface area contributed by atoms with Crippen molar-refractivity contribution in [1.82, 2.24) is 10.2 Å². The Balaban J connectivity index is 0. The third-order valence-corrected chi connectivity index (χ3v) is 4.04. The minimum absolute atomic E-state index is 0. The van der Waals surface area contributed by atoms with E-state index in [-0.39, 0.29) is 36.1 Å². The van der Waals surface area contributed by atoms with E-state index in [4.69, 9.17) is 10.5 Å². The van der Waals surface area contributed by atoms with Gasteiger partial charge < -0.3 is 15.8 Å². The summed E-state index contributed by atoms with van der Waals surface area (Å²) in [7, 11) is 0. The van der Waals surface area contributed by atoms with Gasteiger partial charge in [0.1, 0.15) is 0 Å². The first kappa shape index (κ1) is 22.2. The highest BCUT2D eigenvalue weighted by atomic mass is 35.5. The van der Waals surface area contributed by atoms with Gasteiger partial charge in [-0.3, -0.25) is 9.69 Å². The Hall–Kier alpha value is -0.0700. The van der Waals surface area contributed by atoms with E-state index in [1.807, 2.05) is 13.8 Å². The van der Waals surface area contributed by atoms with Gasteiger partial charge in [0, 0.05) is 32.7 Å². The number of carbonyl (C=O) groups is 1. The molecular weight excluding hydrogens is 301 g/mol. The van der Waals surface area contributed by atoms with E-state index >= 15 is 0 Å². The van der Waals surface area contributed by atoms with Gasteiger partial charge in [-0.05, 0) is 12.8 Å². The molecule has 0 saturated carbocycles. The number of hydrogen-bond donors (Lipinski definition) is 2. The predicted octanol–water partition coefficient (Wildman–Crippen LogP) is 1.04. The summed E-state index contributed by atoms with van der Waals surface area (Å²) >= 11 is 0. The maximum Gasteiger partial charge on any atom is 0.227 e. The summed E-state index contributed by atoms with van der Waals surface area (Å²) in [5, 5.41) is 3.02. The second-order valence-electron chi connectivity index (χ2n) is 4.90. The van der Waals surface area contributed by atoms with Crippen LogP contribution in [0.3, 0.4) is 0 Å². The number of morpholine rings is 1. The van der Waals surface area contributed by atoms with Gasteiger partial charge in [-0.15, -0.1) is 24.8 Å². The lowest BCUT2D eigenvalue weighted by atomic mass is 9.81. The molecule has 0 spiro atoms. The van der Waals surface area contributed by atoms with Crippen molar-refractivity contribution in [1.29, 1.82) is 0 Å². The van der Waals surface area contributed by atoms with Gasteiger partial charge in [0.05, 0.1) is 18.6 Å². The molecule has 1 rings (SSSR count). The second kappa shape index (κ2) is 11.6. The molecule has 0 aromatic heterocycles. The molecule has 0 aliphatic carbocycles. The number of halogens is 2. The fourth-order valence-corrected chi connectivity index (χ4v) is 2.29. The van der Waals surface area contributed by atoms with Crippen molar-refractivity contribution in [3.05, 3.63) is 0 Å². The number of nitrogens with two attached hydrogens (primary N) is 1. The smallest absolute Gasteiger partial charge is 0.227 e.